The van der Waals surface area contributed by atoms with Gasteiger partial charge in [0.15, 0.2) is 0 Å². The lowest BCUT2D eigenvalue weighted by atomic mass is 10.2. The molecule has 0 aromatic carbocycles. The van der Waals surface area contributed by atoms with Crippen LogP contribution in [0, 0.1) is 0 Å². The molecule has 5 nitrogen and oxygen atoms in total. The van der Waals surface area contributed by atoms with Crippen molar-refractivity contribution >= 4 is 10.1 Å². The van der Waals surface area contributed by atoms with Gasteiger partial charge in [0.25, 0.3) is 5.56 Å². The summed E-state index contributed by atoms with van der Waals surface area (Å²) in [5.74, 6) is -0.576. The Kier molecular flexibility index (Phi) is 2.88. The molecule has 0 atom stereocenters. The van der Waals surface area contributed by atoms with Gasteiger partial charge in [-0.2, -0.15) is 21.6 Å². The molecule has 100 valence electrons. The van der Waals surface area contributed by atoms with Crippen molar-refractivity contribution < 1.29 is 25.8 Å². The summed E-state index contributed by atoms with van der Waals surface area (Å²) in [6, 6.07) is 1.76. The fourth-order valence-corrected chi connectivity index (χ4v) is 1.82. The lowest BCUT2D eigenvalue weighted by Gasteiger charge is -2.09. The number of H-pyrrole nitrogens is 1. The highest BCUT2D eigenvalue weighted by molar-refractivity contribution is 7.87. The van der Waals surface area contributed by atoms with Crippen LogP contribution >= 0.6 is 0 Å². The number of halogens is 3. The van der Waals surface area contributed by atoms with Crippen LogP contribution in [-0.2, 0) is 10.1 Å². The minimum absolute atomic E-state index is 0.0508. The van der Waals surface area contributed by atoms with E-state index in [4.69, 9.17) is 0 Å². The van der Waals surface area contributed by atoms with Crippen LogP contribution in [0.15, 0.2) is 16.9 Å². The summed E-state index contributed by atoms with van der Waals surface area (Å²) in [5.41, 5.74) is -5.84. The summed E-state index contributed by atoms with van der Waals surface area (Å²) < 4.78 is 61.7. The van der Waals surface area contributed by atoms with Gasteiger partial charge in [-0.05, 0) is 18.8 Å². The molecule has 0 saturated heterocycles. The van der Waals surface area contributed by atoms with Crippen molar-refractivity contribution in [2.75, 3.05) is 0 Å². The molecule has 18 heavy (non-hydrogen) atoms. The lowest BCUT2D eigenvalue weighted by molar-refractivity contribution is -0.0500. The van der Waals surface area contributed by atoms with E-state index in [1.807, 2.05) is 0 Å². The van der Waals surface area contributed by atoms with Gasteiger partial charge in [0.1, 0.15) is 5.75 Å². The van der Waals surface area contributed by atoms with Gasteiger partial charge in [-0.1, -0.05) is 0 Å². The lowest BCUT2D eigenvalue weighted by Crippen LogP contribution is -2.28. The summed E-state index contributed by atoms with van der Waals surface area (Å²) in [6.45, 7) is 0. The topological polar surface area (TPSA) is 76.2 Å². The highest BCUT2D eigenvalue weighted by Gasteiger charge is 2.48. The molecule has 0 unspecified atom stereocenters. The summed E-state index contributed by atoms with van der Waals surface area (Å²) in [5, 5.41) is 0. The predicted molar refractivity (Wildman–Crippen MR) is 54.6 cm³/mol. The largest absolute Gasteiger partial charge is 0.534 e. The van der Waals surface area contributed by atoms with Gasteiger partial charge in [0.2, 0.25) is 0 Å². The molecular weight excluding hydrogens is 275 g/mol. The van der Waals surface area contributed by atoms with E-state index < -0.39 is 26.9 Å². The molecule has 1 aromatic heterocycles. The first kappa shape index (κ1) is 12.9. The Morgan fingerprint density at radius 3 is 2.39 bits per heavy atom. The zero-order chi connectivity index (χ0) is 13.6. The van der Waals surface area contributed by atoms with Crippen molar-refractivity contribution in [2.45, 2.75) is 24.3 Å². The Balaban J connectivity index is 2.32. The van der Waals surface area contributed by atoms with Crippen LogP contribution in [0.5, 0.6) is 5.75 Å². The minimum atomic E-state index is -5.74. The number of hydrogen-bond acceptors (Lipinski definition) is 4. The summed E-state index contributed by atoms with van der Waals surface area (Å²) >= 11 is 0. The third kappa shape index (κ3) is 2.66. The van der Waals surface area contributed by atoms with E-state index in [0.717, 1.165) is 18.9 Å². The second kappa shape index (κ2) is 4.01. The number of hydrogen-bond donors (Lipinski definition) is 1. The molecule has 0 radical (unpaired) electrons. The number of pyridine rings is 1. The molecule has 0 spiro atoms. The maximum Gasteiger partial charge on any atom is 0.534 e. The van der Waals surface area contributed by atoms with Crippen LogP contribution in [-0.4, -0.2) is 18.9 Å². The average Bonchev–Trinajstić information content (AvgIpc) is 2.96. The van der Waals surface area contributed by atoms with Crippen molar-refractivity contribution in [1.29, 1.82) is 0 Å². The van der Waals surface area contributed by atoms with E-state index in [-0.39, 0.29) is 5.92 Å². The predicted octanol–water partition coefficient (Wildman–Crippen LogP) is 1.48. The number of alkyl halides is 3. The SMILES string of the molecule is O=c1cc(OS(=O)(=O)C(F)(F)F)cc(C2CC2)[nH]1. The Morgan fingerprint density at radius 1 is 1.28 bits per heavy atom. The van der Waals surface area contributed by atoms with Gasteiger partial charge >= 0.3 is 15.6 Å². The van der Waals surface area contributed by atoms with Crippen molar-refractivity contribution in [3.8, 4) is 5.75 Å². The fraction of sp³-hybridized carbons (Fsp3) is 0.444. The molecule has 0 bridgehead atoms. The minimum Gasteiger partial charge on any atom is -0.376 e. The first-order valence-electron chi connectivity index (χ1n) is 4.94. The number of nitrogens with one attached hydrogen (secondary N) is 1. The molecule has 1 aromatic rings. The molecule has 1 aliphatic rings. The molecule has 1 N–H and O–H groups in total. The van der Waals surface area contributed by atoms with Crippen molar-refractivity contribution in [3.05, 3.63) is 28.2 Å². The Morgan fingerprint density at radius 2 is 1.89 bits per heavy atom. The van der Waals surface area contributed by atoms with E-state index in [0.29, 0.717) is 11.8 Å². The molecule has 1 heterocycles. The van der Waals surface area contributed by atoms with Gasteiger partial charge in [-0.3, -0.25) is 4.79 Å². The van der Waals surface area contributed by atoms with Crippen LogP contribution in [0.3, 0.4) is 0 Å². The van der Waals surface area contributed by atoms with Crippen molar-refractivity contribution in [2.24, 2.45) is 0 Å². The average molecular weight is 283 g/mol. The maximum atomic E-state index is 12.1. The first-order valence-corrected chi connectivity index (χ1v) is 6.35. The number of aromatic amines is 1. The maximum absolute atomic E-state index is 12.1. The van der Waals surface area contributed by atoms with E-state index in [9.17, 15) is 26.4 Å². The summed E-state index contributed by atoms with van der Waals surface area (Å²) in [4.78, 5) is 13.6. The highest BCUT2D eigenvalue weighted by Crippen LogP contribution is 2.39. The Bertz CT molecular complexity index is 615. The molecule has 0 aliphatic heterocycles. The van der Waals surface area contributed by atoms with Gasteiger partial charge in [0.05, 0.1) is 0 Å². The summed E-state index contributed by atoms with van der Waals surface area (Å²) in [7, 11) is -5.74. The van der Waals surface area contributed by atoms with E-state index in [2.05, 4.69) is 9.17 Å². The van der Waals surface area contributed by atoms with Crippen LogP contribution < -0.4 is 9.74 Å². The molecule has 1 saturated carbocycles. The van der Waals surface area contributed by atoms with Gasteiger partial charge < -0.3 is 9.17 Å². The molecule has 1 fully saturated rings. The highest BCUT2D eigenvalue weighted by atomic mass is 32.2. The van der Waals surface area contributed by atoms with Gasteiger partial charge in [-0.25, -0.2) is 0 Å². The zero-order valence-corrected chi connectivity index (χ0v) is 9.64. The second-order valence-electron chi connectivity index (χ2n) is 3.89. The second-order valence-corrected chi connectivity index (χ2v) is 5.43. The molecular formula is C9H8F3NO4S. The van der Waals surface area contributed by atoms with Crippen LogP contribution in [0.2, 0.25) is 0 Å². The van der Waals surface area contributed by atoms with Crippen molar-refractivity contribution in [3.63, 3.8) is 0 Å². The molecule has 2 rings (SSSR count). The molecule has 1 aliphatic carbocycles. The van der Waals surface area contributed by atoms with E-state index >= 15 is 0 Å². The first-order chi connectivity index (χ1) is 8.19. The Labute approximate surface area is 99.7 Å². The Hall–Kier alpha value is -1.51. The fourth-order valence-electron chi connectivity index (χ4n) is 1.37. The van der Waals surface area contributed by atoms with Crippen LogP contribution in [0.1, 0.15) is 24.5 Å². The monoisotopic (exact) mass is 283 g/mol. The quantitative estimate of drug-likeness (QED) is 0.673. The van der Waals surface area contributed by atoms with E-state index in [1.165, 1.54) is 0 Å². The van der Waals surface area contributed by atoms with E-state index in [1.54, 1.807) is 0 Å². The molecule has 9 heteroatoms. The molecule has 0 amide bonds. The van der Waals surface area contributed by atoms with Crippen LogP contribution in [0.25, 0.3) is 0 Å². The van der Waals surface area contributed by atoms with Gasteiger partial charge in [0, 0.05) is 17.8 Å². The van der Waals surface area contributed by atoms with Crippen LogP contribution in [0.4, 0.5) is 13.2 Å². The standard InChI is InChI=1S/C9H8F3NO4S/c10-9(11,12)18(15,16)17-6-3-7(5-1-2-5)13-8(14)4-6/h3-5H,1-2H2,(H,13,14). The van der Waals surface area contributed by atoms with Gasteiger partial charge in [-0.15, -0.1) is 0 Å². The number of aromatic nitrogens is 1. The van der Waals surface area contributed by atoms with Crippen molar-refractivity contribution in [1.82, 2.24) is 4.98 Å². The zero-order valence-electron chi connectivity index (χ0n) is 8.82. The summed E-state index contributed by atoms with van der Waals surface area (Å²) in [6.07, 6.45) is 1.59. The number of rotatable bonds is 3. The third-order valence-electron chi connectivity index (χ3n) is 2.35. The smallest absolute Gasteiger partial charge is 0.376 e. The normalized spacial score (nSPS) is 16.6. The third-order valence-corrected chi connectivity index (χ3v) is 3.32.